The number of carbonyl (C=O) groups excluding carboxylic acids is 1. The second-order valence-electron chi connectivity index (χ2n) is 3.94. The highest BCUT2D eigenvalue weighted by Gasteiger charge is 2.26. The van der Waals surface area contributed by atoms with Crippen LogP contribution >= 0.6 is 0 Å². The van der Waals surface area contributed by atoms with Crippen LogP contribution in [0.1, 0.15) is 17.3 Å². The molecule has 0 bridgehead atoms. The van der Waals surface area contributed by atoms with Gasteiger partial charge in [-0.25, -0.2) is 0 Å². The zero-order valence-corrected chi connectivity index (χ0v) is 9.74. The molecule has 1 heterocycles. The molecule has 96 valence electrons. The first-order chi connectivity index (χ1) is 8.58. The summed E-state index contributed by atoms with van der Waals surface area (Å²) in [5.41, 5.74) is 0.456. The Labute approximate surface area is 103 Å². The second-order valence-corrected chi connectivity index (χ2v) is 3.94. The molecule has 1 unspecified atom stereocenters. The van der Waals surface area contributed by atoms with Crippen molar-refractivity contribution < 1.29 is 19.5 Å². The number of nitrogens with zero attached hydrogens (tertiary/aromatic N) is 2. The van der Waals surface area contributed by atoms with E-state index in [2.05, 4.69) is 4.84 Å². The van der Waals surface area contributed by atoms with Crippen molar-refractivity contribution in [2.75, 3.05) is 13.3 Å². The zero-order chi connectivity index (χ0) is 13.1. The van der Waals surface area contributed by atoms with Crippen LogP contribution in [0.3, 0.4) is 0 Å². The highest BCUT2D eigenvalue weighted by Crippen LogP contribution is 2.24. The summed E-state index contributed by atoms with van der Waals surface area (Å²) in [5.74, 6) is 0.317. The van der Waals surface area contributed by atoms with Gasteiger partial charge in [0.25, 0.3) is 11.0 Å². The lowest BCUT2D eigenvalue weighted by atomic mass is 10.1. The minimum absolute atomic E-state index is 0.0707. The van der Waals surface area contributed by atoms with Crippen LogP contribution in [-0.2, 0) is 4.84 Å². The van der Waals surface area contributed by atoms with Gasteiger partial charge >= 0.3 is 0 Å². The number of hydrogen-bond acceptors (Lipinski definition) is 5. The van der Waals surface area contributed by atoms with E-state index in [0.29, 0.717) is 11.3 Å². The Morgan fingerprint density at radius 2 is 2.28 bits per heavy atom. The molecule has 0 aromatic heterocycles. The Morgan fingerprint density at radius 3 is 3.00 bits per heavy atom. The second kappa shape index (κ2) is 4.91. The number of fused-ring (bicyclic) bond motifs is 1. The molecule has 1 atom stereocenters. The molecule has 18 heavy (non-hydrogen) atoms. The van der Waals surface area contributed by atoms with Gasteiger partial charge in [-0.1, -0.05) is 12.1 Å². The van der Waals surface area contributed by atoms with E-state index in [1.54, 1.807) is 24.3 Å². The van der Waals surface area contributed by atoms with Gasteiger partial charge < -0.3 is 14.5 Å². The van der Waals surface area contributed by atoms with Crippen molar-refractivity contribution in [3.8, 4) is 5.75 Å². The number of para-hydroxylation sites is 1. The van der Waals surface area contributed by atoms with Gasteiger partial charge in [-0.05, 0) is 19.1 Å². The summed E-state index contributed by atoms with van der Waals surface area (Å²) in [6, 6.07) is 6.88. The first-order valence-corrected chi connectivity index (χ1v) is 5.40. The lowest BCUT2D eigenvalue weighted by Crippen LogP contribution is -2.43. The molecule has 1 aliphatic heterocycles. The van der Waals surface area contributed by atoms with E-state index in [9.17, 15) is 14.9 Å². The highest BCUT2D eigenvalue weighted by molar-refractivity contribution is 5.97. The monoisotopic (exact) mass is 252 g/mol. The van der Waals surface area contributed by atoms with Gasteiger partial charge in [0.1, 0.15) is 11.9 Å². The fraction of sp³-hybridized carbons (Fsp3) is 0.364. The molecule has 0 aliphatic carbocycles. The standard InChI is InChI=1S/C11H12N2O5/c1-8(18-13(15)16)6-12-7-17-10-5-3-2-4-9(10)11(12)14/h2-5,8H,6-7H2,1H3. The molecule has 7 nitrogen and oxygen atoms in total. The maximum absolute atomic E-state index is 12.1. The van der Waals surface area contributed by atoms with Crippen molar-refractivity contribution in [2.24, 2.45) is 0 Å². The van der Waals surface area contributed by atoms with E-state index in [1.807, 2.05) is 0 Å². The summed E-state index contributed by atoms with van der Waals surface area (Å²) in [6.45, 7) is 1.70. The summed E-state index contributed by atoms with van der Waals surface area (Å²) < 4.78 is 5.39. The first-order valence-electron chi connectivity index (χ1n) is 5.40. The summed E-state index contributed by atoms with van der Waals surface area (Å²) in [5, 5.41) is 9.31. The number of rotatable bonds is 4. The molecule has 0 radical (unpaired) electrons. The molecule has 1 amide bonds. The topological polar surface area (TPSA) is 81.9 Å². The van der Waals surface area contributed by atoms with Gasteiger partial charge in [-0.2, -0.15) is 0 Å². The van der Waals surface area contributed by atoms with Gasteiger partial charge in [0.05, 0.1) is 12.1 Å². The normalized spacial score (nSPS) is 15.6. The molecule has 0 fully saturated rings. The van der Waals surface area contributed by atoms with E-state index in [0.717, 1.165) is 0 Å². The van der Waals surface area contributed by atoms with E-state index >= 15 is 0 Å². The Morgan fingerprint density at radius 1 is 1.56 bits per heavy atom. The maximum Gasteiger partial charge on any atom is 0.294 e. The number of hydrogen-bond donors (Lipinski definition) is 0. The lowest BCUT2D eigenvalue weighted by Gasteiger charge is -2.29. The average molecular weight is 252 g/mol. The smallest absolute Gasteiger partial charge is 0.294 e. The molecular formula is C11H12N2O5. The lowest BCUT2D eigenvalue weighted by molar-refractivity contribution is -0.767. The molecule has 2 rings (SSSR count). The number of carbonyl (C=O) groups is 1. The zero-order valence-electron chi connectivity index (χ0n) is 9.74. The minimum Gasteiger partial charge on any atom is -0.472 e. The third kappa shape index (κ3) is 2.50. The SMILES string of the molecule is CC(CN1COc2ccccc2C1=O)O[N+](=O)[O-]. The Bertz CT molecular complexity index is 476. The molecule has 7 heteroatoms. The minimum atomic E-state index is -0.867. The largest absolute Gasteiger partial charge is 0.472 e. The molecule has 1 aromatic carbocycles. The third-order valence-corrected chi connectivity index (χ3v) is 2.52. The summed E-state index contributed by atoms with van der Waals surface area (Å²) in [6.07, 6.45) is -0.696. The van der Waals surface area contributed by atoms with Crippen LogP contribution in [0.15, 0.2) is 24.3 Å². The molecule has 1 aromatic rings. The Balaban J connectivity index is 2.05. The molecule has 1 aliphatic rings. The predicted molar refractivity (Wildman–Crippen MR) is 60.5 cm³/mol. The molecule has 0 spiro atoms. The van der Waals surface area contributed by atoms with E-state index in [1.165, 1.54) is 11.8 Å². The van der Waals surface area contributed by atoms with Crippen LogP contribution in [0.25, 0.3) is 0 Å². The number of ether oxygens (including phenoxy) is 1. The molecule has 0 saturated carbocycles. The van der Waals surface area contributed by atoms with E-state index < -0.39 is 11.2 Å². The van der Waals surface area contributed by atoms with Crippen LogP contribution < -0.4 is 4.74 Å². The van der Waals surface area contributed by atoms with E-state index in [-0.39, 0.29) is 19.2 Å². The van der Waals surface area contributed by atoms with Crippen LogP contribution in [0.4, 0.5) is 0 Å². The summed E-state index contributed by atoms with van der Waals surface area (Å²) in [4.78, 5) is 28.0. The van der Waals surface area contributed by atoms with Crippen molar-refractivity contribution in [2.45, 2.75) is 13.0 Å². The molecular weight excluding hydrogens is 240 g/mol. The predicted octanol–water partition coefficient (Wildman–Crippen LogP) is 1.08. The van der Waals surface area contributed by atoms with Crippen molar-refractivity contribution in [3.05, 3.63) is 39.9 Å². The van der Waals surface area contributed by atoms with Gasteiger partial charge in [-0.3, -0.25) is 4.79 Å². The first kappa shape index (κ1) is 12.2. The van der Waals surface area contributed by atoms with Crippen LogP contribution in [-0.4, -0.2) is 35.3 Å². The van der Waals surface area contributed by atoms with Crippen LogP contribution in [0, 0.1) is 10.1 Å². The van der Waals surface area contributed by atoms with Crippen molar-refractivity contribution in [1.82, 2.24) is 4.90 Å². The Kier molecular flexibility index (Phi) is 3.31. The molecule has 0 saturated heterocycles. The highest BCUT2D eigenvalue weighted by atomic mass is 17.0. The van der Waals surface area contributed by atoms with Crippen molar-refractivity contribution in [3.63, 3.8) is 0 Å². The van der Waals surface area contributed by atoms with Gasteiger partial charge in [0.15, 0.2) is 6.73 Å². The maximum atomic E-state index is 12.1. The summed E-state index contributed by atoms with van der Waals surface area (Å²) in [7, 11) is 0. The van der Waals surface area contributed by atoms with Crippen LogP contribution in [0.5, 0.6) is 5.75 Å². The van der Waals surface area contributed by atoms with Gasteiger partial charge in [-0.15, -0.1) is 10.1 Å². The third-order valence-electron chi connectivity index (χ3n) is 2.52. The molecule has 0 N–H and O–H groups in total. The summed E-state index contributed by atoms with van der Waals surface area (Å²) >= 11 is 0. The fourth-order valence-electron chi connectivity index (χ4n) is 1.77. The fourth-order valence-corrected chi connectivity index (χ4v) is 1.77. The van der Waals surface area contributed by atoms with E-state index in [4.69, 9.17) is 4.74 Å². The van der Waals surface area contributed by atoms with Gasteiger partial charge in [0, 0.05) is 0 Å². The van der Waals surface area contributed by atoms with Crippen LogP contribution in [0.2, 0.25) is 0 Å². The average Bonchev–Trinajstić information content (AvgIpc) is 2.32. The van der Waals surface area contributed by atoms with Crippen molar-refractivity contribution >= 4 is 5.91 Å². The van der Waals surface area contributed by atoms with Crippen molar-refractivity contribution in [1.29, 1.82) is 0 Å². The number of amides is 1. The number of benzene rings is 1. The Hall–Kier alpha value is -2.31. The quantitative estimate of drug-likeness (QED) is 0.591. The van der Waals surface area contributed by atoms with Gasteiger partial charge in [0.2, 0.25) is 0 Å².